The summed E-state index contributed by atoms with van der Waals surface area (Å²) in [6, 6.07) is 7.33. The first kappa shape index (κ1) is 15.4. The first-order chi connectivity index (χ1) is 11.7. The van der Waals surface area contributed by atoms with E-state index in [0.717, 1.165) is 14.0 Å². The fraction of sp³-hybridized carbons (Fsp3) is 0.125. The second kappa shape index (κ2) is 6.09. The Morgan fingerprint density at radius 3 is 2.83 bits per heavy atom. The van der Waals surface area contributed by atoms with Gasteiger partial charge in [0.15, 0.2) is 16.3 Å². The normalized spacial score (nSPS) is 13.4. The number of nitrogens with zero attached hydrogens (tertiary/aromatic N) is 2. The molecule has 0 spiro atoms. The summed E-state index contributed by atoms with van der Waals surface area (Å²) in [5.41, 5.74) is 0.876. The van der Waals surface area contributed by atoms with Gasteiger partial charge in [0.1, 0.15) is 0 Å². The number of benzene rings is 1. The molecule has 24 heavy (non-hydrogen) atoms. The number of hydrogen-bond donors (Lipinski definition) is 0. The molecule has 5 nitrogen and oxygen atoms in total. The minimum absolute atomic E-state index is 0.213. The van der Waals surface area contributed by atoms with Gasteiger partial charge < -0.3 is 14.0 Å². The summed E-state index contributed by atoms with van der Waals surface area (Å²) in [4.78, 5) is 17.8. The smallest absolute Gasteiger partial charge is 0.289 e. The zero-order valence-electron chi connectivity index (χ0n) is 12.1. The molecule has 1 aromatic carbocycles. The Labute approximate surface area is 153 Å². The molecule has 4 rings (SSSR count). The number of thiazole rings is 1. The van der Waals surface area contributed by atoms with E-state index in [-0.39, 0.29) is 12.7 Å². The van der Waals surface area contributed by atoms with E-state index in [1.807, 2.05) is 22.8 Å². The number of fused-ring (bicyclic) bond motifs is 2. The van der Waals surface area contributed by atoms with Gasteiger partial charge in [-0.05, 0) is 28.1 Å². The molecule has 8 heteroatoms. The predicted octanol–water partition coefficient (Wildman–Crippen LogP) is 3.63. The van der Waals surface area contributed by atoms with Gasteiger partial charge in [-0.25, -0.2) is 0 Å². The van der Waals surface area contributed by atoms with Crippen LogP contribution in [0.5, 0.6) is 11.5 Å². The summed E-state index contributed by atoms with van der Waals surface area (Å²) < 4.78 is 14.5. The van der Waals surface area contributed by atoms with Crippen LogP contribution >= 0.6 is 38.6 Å². The zero-order valence-corrected chi connectivity index (χ0v) is 15.3. The van der Waals surface area contributed by atoms with Crippen LogP contribution in [0.3, 0.4) is 0 Å². The fourth-order valence-corrected chi connectivity index (χ4v) is 4.67. The van der Waals surface area contributed by atoms with Crippen LogP contribution in [-0.4, -0.2) is 17.3 Å². The Kier molecular flexibility index (Phi) is 3.92. The molecule has 0 N–H and O–H groups in total. The van der Waals surface area contributed by atoms with Gasteiger partial charge in [-0.1, -0.05) is 17.3 Å². The molecule has 1 aliphatic rings. The molecule has 120 valence electrons. The summed E-state index contributed by atoms with van der Waals surface area (Å²) in [5, 5.41) is 0. The monoisotopic (exact) mass is 420 g/mol. The Bertz CT molecular complexity index is 1070. The molecule has 0 unspecified atom stereocenters. The van der Waals surface area contributed by atoms with Gasteiger partial charge in [-0.2, -0.15) is 4.99 Å². The van der Waals surface area contributed by atoms with E-state index >= 15 is 0 Å². The average Bonchev–Trinajstić information content (AvgIpc) is 3.25. The number of ether oxygens (including phenoxy) is 2. The highest BCUT2D eigenvalue weighted by Gasteiger charge is 2.18. The van der Waals surface area contributed by atoms with Gasteiger partial charge in [0.2, 0.25) is 6.79 Å². The quantitative estimate of drug-likeness (QED) is 0.594. The Balaban J connectivity index is 1.88. The lowest BCUT2D eigenvalue weighted by Crippen LogP contribution is -2.16. The first-order valence-corrected chi connectivity index (χ1v) is 9.29. The van der Waals surface area contributed by atoms with Crippen molar-refractivity contribution in [1.29, 1.82) is 0 Å². The van der Waals surface area contributed by atoms with Crippen molar-refractivity contribution in [3.8, 4) is 23.8 Å². The maximum absolute atomic E-state index is 12.4. The van der Waals surface area contributed by atoms with E-state index in [0.29, 0.717) is 27.7 Å². The Hall–Kier alpha value is -2.08. The van der Waals surface area contributed by atoms with Crippen LogP contribution in [0.1, 0.15) is 9.67 Å². The number of carbonyl (C=O) groups is 1. The van der Waals surface area contributed by atoms with E-state index in [2.05, 4.69) is 26.8 Å². The molecule has 3 aromatic rings. The van der Waals surface area contributed by atoms with Crippen molar-refractivity contribution in [1.82, 2.24) is 4.57 Å². The van der Waals surface area contributed by atoms with Gasteiger partial charge in [0.05, 0.1) is 25.4 Å². The van der Waals surface area contributed by atoms with Crippen molar-refractivity contribution in [2.24, 2.45) is 4.99 Å². The van der Waals surface area contributed by atoms with Crippen LogP contribution in [-0.2, 0) is 6.54 Å². The topological polar surface area (TPSA) is 52.8 Å². The molecule has 3 heterocycles. The van der Waals surface area contributed by atoms with E-state index in [1.54, 1.807) is 6.07 Å². The summed E-state index contributed by atoms with van der Waals surface area (Å²) >= 11 is 6.10. The number of rotatable bonds is 2. The molecule has 1 amide bonds. The third-order valence-corrected chi connectivity index (χ3v) is 6.06. The van der Waals surface area contributed by atoms with Gasteiger partial charge >= 0.3 is 0 Å². The van der Waals surface area contributed by atoms with Crippen LogP contribution in [0.2, 0.25) is 0 Å². The molecule has 0 radical (unpaired) electrons. The number of halogens is 1. The maximum Gasteiger partial charge on any atom is 0.289 e. The number of terminal acetylenes is 1. The van der Waals surface area contributed by atoms with Crippen LogP contribution in [0.25, 0.3) is 10.2 Å². The first-order valence-electron chi connectivity index (χ1n) is 6.86. The van der Waals surface area contributed by atoms with Gasteiger partial charge in [0.25, 0.3) is 5.91 Å². The molecule has 0 saturated carbocycles. The molecule has 0 saturated heterocycles. The van der Waals surface area contributed by atoms with Crippen molar-refractivity contribution in [3.63, 3.8) is 0 Å². The zero-order chi connectivity index (χ0) is 16.7. The van der Waals surface area contributed by atoms with Crippen molar-refractivity contribution < 1.29 is 14.3 Å². The molecular formula is C16H9BrN2O3S2. The van der Waals surface area contributed by atoms with Crippen molar-refractivity contribution in [2.75, 3.05) is 6.79 Å². The lowest BCUT2D eigenvalue weighted by molar-refractivity contribution is 0.100. The van der Waals surface area contributed by atoms with Crippen LogP contribution in [0.4, 0.5) is 0 Å². The molecular weight excluding hydrogens is 412 g/mol. The largest absolute Gasteiger partial charge is 0.454 e. The molecule has 2 aromatic heterocycles. The van der Waals surface area contributed by atoms with Crippen molar-refractivity contribution in [3.05, 3.63) is 37.7 Å². The molecule has 0 bridgehead atoms. The number of amides is 1. The van der Waals surface area contributed by atoms with E-state index in [1.165, 1.54) is 22.7 Å². The number of hydrogen-bond acceptors (Lipinski definition) is 5. The summed E-state index contributed by atoms with van der Waals surface area (Å²) in [7, 11) is 0. The maximum atomic E-state index is 12.4. The second-order valence-corrected chi connectivity index (χ2v) is 8.34. The average molecular weight is 421 g/mol. The van der Waals surface area contributed by atoms with E-state index < -0.39 is 0 Å². The molecule has 0 aliphatic carbocycles. The highest BCUT2D eigenvalue weighted by atomic mass is 79.9. The van der Waals surface area contributed by atoms with Crippen LogP contribution in [0, 0.1) is 12.3 Å². The SMILES string of the molecule is C#CCn1c(=NC(=O)c2ccc(Br)s2)sc2cc3c(cc21)OCO3. The summed E-state index contributed by atoms with van der Waals surface area (Å²) in [6.45, 7) is 0.532. The lowest BCUT2D eigenvalue weighted by Gasteiger charge is -2.01. The van der Waals surface area contributed by atoms with E-state index in [4.69, 9.17) is 15.9 Å². The van der Waals surface area contributed by atoms with Crippen molar-refractivity contribution >= 4 is 54.7 Å². The second-order valence-electron chi connectivity index (χ2n) is 4.87. The third kappa shape index (κ3) is 2.65. The minimum Gasteiger partial charge on any atom is -0.454 e. The van der Waals surface area contributed by atoms with Gasteiger partial charge in [0, 0.05) is 12.1 Å². The van der Waals surface area contributed by atoms with Crippen LogP contribution in [0.15, 0.2) is 33.0 Å². The van der Waals surface area contributed by atoms with Gasteiger partial charge in [-0.3, -0.25) is 4.79 Å². The number of carbonyl (C=O) groups excluding carboxylic acids is 1. The standard InChI is InChI=1S/C16H9BrN2O3S2/c1-2-5-19-9-6-10-11(22-8-21-10)7-13(9)24-16(19)18-15(20)12-3-4-14(17)23-12/h1,3-4,6-7H,5,8H2. The number of thiophene rings is 1. The lowest BCUT2D eigenvalue weighted by atomic mass is 10.3. The highest BCUT2D eigenvalue weighted by molar-refractivity contribution is 9.11. The van der Waals surface area contributed by atoms with Crippen molar-refractivity contribution in [2.45, 2.75) is 6.54 Å². The molecule has 1 aliphatic heterocycles. The molecule has 0 atom stereocenters. The number of aromatic nitrogens is 1. The van der Waals surface area contributed by atoms with E-state index in [9.17, 15) is 4.79 Å². The van der Waals surface area contributed by atoms with Gasteiger partial charge in [-0.15, -0.1) is 17.8 Å². The predicted molar refractivity (Wildman–Crippen MR) is 96.7 cm³/mol. The Morgan fingerprint density at radius 2 is 2.12 bits per heavy atom. The minimum atomic E-state index is -0.289. The fourth-order valence-electron chi connectivity index (χ4n) is 2.36. The van der Waals surface area contributed by atoms with Crippen LogP contribution < -0.4 is 14.3 Å². The third-order valence-electron chi connectivity index (χ3n) is 3.41. The highest BCUT2D eigenvalue weighted by Crippen LogP contribution is 2.37. The molecule has 0 fully saturated rings. The summed E-state index contributed by atoms with van der Waals surface area (Å²) in [5.74, 6) is 3.68. The summed E-state index contributed by atoms with van der Waals surface area (Å²) in [6.07, 6.45) is 5.48. The Morgan fingerprint density at radius 1 is 1.33 bits per heavy atom.